The topological polar surface area (TPSA) is 65.5 Å². The molecule has 1 aromatic heterocycles. The summed E-state index contributed by atoms with van der Waals surface area (Å²) in [6.07, 6.45) is 3.96. The number of carbonyl (C=O) groups is 2. The Kier molecular flexibility index (Phi) is 6.07. The van der Waals surface area contributed by atoms with Crippen molar-refractivity contribution in [3.63, 3.8) is 0 Å². The lowest BCUT2D eigenvalue weighted by Gasteiger charge is -2.22. The zero-order valence-corrected chi connectivity index (χ0v) is 15.2. The molecule has 6 nitrogen and oxygen atoms in total. The van der Waals surface area contributed by atoms with Crippen LogP contribution in [0.5, 0.6) is 0 Å². The van der Waals surface area contributed by atoms with Gasteiger partial charge in [-0.2, -0.15) is 0 Å². The third-order valence-electron chi connectivity index (χ3n) is 4.37. The first-order valence-corrected chi connectivity index (χ1v) is 8.98. The molecule has 0 aliphatic carbocycles. The van der Waals surface area contributed by atoms with E-state index in [4.69, 9.17) is 11.6 Å². The fourth-order valence-corrected chi connectivity index (χ4v) is 3.12. The van der Waals surface area contributed by atoms with E-state index in [-0.39, 0.29) is 11.9 Å². The molecule has 0 spiro atoms. The average molecular weight is 373 g/mol. The van der Waals surface area contributed by atoms with Crippen LogP contribution in [0.3, 0.4) is 0 Å². The van der Waals surface area contributed by atoms with Crippen LogP contribution in [-0.4, -0.2) is 52.9 Å². The highest BCUT2D eigenvalue weighted by atomic mass is 35.5. The van der Waals surface area contributed by atoms with E-state index in [9.17, 15) is 9.59 Å². The molecule has 7 heteroatoms. The number of rotatable bonds is 3. The molecule has 3 rings (SSSR count). The number of urea groups is 1. The van der Waals surface area contributed by atoms with E-state index in [1.165, 1.54) is 0 Å². The quantitative estimate of drug-likeness (QED) is 0.901. The molecular weight excluding hydrogens is 352 g/mol. The second-order valence-corrected chi connectivity index (χ2v) is 6.53. The van der Waals surface area contributed by atoms with E-state index in [0.29, 0.717) is 43.3 Å². The zero-order valence-electron chi connectivity index (χ0n) is 14.4. The second-order valence-electron chi connectivity index (χ2n) is 6.12. The van der Waals surface area contributed by atoms with Crippen LogP contribution >= 0.6 is 11.6 Å². The third-order valence-corrected chi connectivity index (χ3v) is 4.74. The van der Waals surface area contributed by atoms with Crippen LogP contribution in [0.2, 0.25) is 5.02 Å². The smallest absolute Gasteiger partial charge is 0.317 e. The lowest BCUT2D eigenvalue weighted by Crippen LogP contribution is -2.42. The number of hydrogen-bond acceptors (Lipinski definition) is 3. The molecule has 136 valence electrons. The Morgan fingerprint density at radius 3 is 2.58 bits per heavy atom. The number of carbonyl (C=O) groups excluding carboxylic acids is 2. The monoisotopic (exact) mass is 372 g/mol. The van der Waals surface area contributed by atoms with E-state index in [1.807, 2.05) is 18.2 Å². The minimum Gasteiger partial charge on any atom is -0.337 e. The lowest BCUT2D eigenvalue weighted by atomic mass is 10.2. The van der Waals surface area contributed by atoms with Crippen LogP contribution in [0.1, 0.15) is 22.3 Å². The molecule has 26 heavy (non-hydrogen) atoms. The molecule has 0 bridgehead atoms. The molecule has 1 aliphatic rings. The van der Waals surface area contributed by atoms with E-state index < -0.39 is 0 Å². The van der Waals surface area contributed by atoms with Gasteiger partial charge >= 0.3 is 6.03 Å². The first-order chi connectivity index (χ1) is 12.6. The molecule has 0 radical (unpaired) electrons. The Balaban J connectivity index is 1.54. The molecule has 1 saturated heterocycles. The van der Waals surface area contributed by atoms with E-state index in [0.717, 1.165) is 12.0 Å². The molecule has 1 aliphatic heterocycles. The Morgan fingerprint density at radius 2 is 1.81 bits per heavy atom. The van der Waals surface area contributed by atoms with E-state index in [1.54, 1.807) is 40.4 Å². The minimum atomic E-state index is -0.138. The van der Waals surface area contributed by atoms with Crippen molar-refractivity contribution < 1.29 is 9.59 Å². The number of halogens is 1. The fraction of sp³-hybridized carbons (Fsp3) is 0.316. The summed E-state index contributed by atoms with van der Waals surface area (Å²) in [5, 5.41) is 3.54. The van der Waals surface area contributed by atoms with Crippen LogP contribution in [-0.2, 0) is 6.54 Å². The predicted octanol–water partition coefficient (Wildman–Crippen LogP) is 2.79. The van der Waals surface area contributed by atoms with Crippen molar-refractivity contribution in [2.45, 2.75) is 13.0 Å². The maximum Gasteiger partial charge on any atom is 0.317 e. The summed E-state index contributed by atoms with van der Waals surface area (Å²) in [5.41, 5.74) is 1.45. The number of amides is 3. The summed E-state index contributed by atoms with van der Waals surface area (Å²) in [7, 11) is 0. The highest BCUT2D eigenvalue weighted by Crippen LogP contribution is 2.14. The summed E-state index contributed by atoms with van der Waals surface area (Å²) >= 11 is 6.12. The van der Waals surface area contributed by atoms with Crippen molar-refractivity contribution >= 4 is 23.5 Å². The van der Waals surface area contributed by atoms with E-state index in [2.05, 4.69) is 10.3 Å². The summed E-state index contributed by atoms with van der Waals surface area (Å²) in [6, 6.07) is 10.8. The molecule has 1 fully saturated rings. The van der Waals surface area contributed by atoms with Crippen molar-refractivity contribution in [3.8, 4) is 0 Å². The van der Waals surface area contributed by atoms with Crippen LogP contribution in [0.15, 0.2) is 48.8 Å². The fourth-order valence-electron chi connectivity index (χ4n) is 2.92. The molecule has 0 atom stereocenters. The third kappa shape index (κ3) is 4.52. The summed E-state index contributed by atoms with van der Waals surface area (Å²) < 4.78 is 0. The van der Waals surface area contributed by atoms with Gasteiger partial charge in [0.25, 0.3) is 5.91 Å². The Labute approximate surface area is 157 Å². The second kappa shape index (κ2) is 8.67. The SMILES string of the molecule is O=C(NCc1ccccc1Cl)N1CCCN(C(=O)c2cccnc2)CC1. The van der Waals surface area contributed by atoms with Gasteiger partial charge in [0.2, 0.25) is 0 Å². The van der Waals surface area contributed by atoms with Gasteiger partial charge < -0.3 is 15.1 Å². The largest absolute Gasteiger partial charge is 0.337 e. The molecule has 2 aromatic rings. The highest BCUT2D eigenvalue weighted by Gasteiger charge is 2.22. The number of hydrogen-bond donors (Lipinski definition) is 1. The molecule has 0 saturated carbocycles. The summed E-state index contributed by atoms with van der Waals surface area (Å²) in [6.45, 7) is 2.63. The van der Waals surface area contributed by atoms with Crippen LogP contribution in [0, 0.1) is 0 Å². The van der Waals surface area contributed by atoms with Gasteiger partial charge in [0.15, 0.2) is 0 Å². The van der Waals surface area contributed by atoms with Gasteiger partial charge in [-0.3, -0.25) is 9.78 Å². The Bertz CT molecular complexity index is 769. The Morgan fingerprint density at radius 1 is 1.04 bits per heavy atom. The van der Waals surface area contributed by atoms with Crippen molar-refractivity contribution in [2.24, 2.45) is 0 Å². The van der Waals surface area contributed by atoms with Gasteiger partial charge in [0.1, 0.15) is 0 Å². The van der Waals surface area contributed by atoms with Crippen LogP contribution in [0.4, 0.5) is 4.79 Å². The van der Waals surface area contributed by atoms with Crippen molar-refractivity contribution in [1.82, 2.24) is 20.1 Å². The zero-order chi connectivity index (χ0) is 18.4. The van der Waals surface area contributed by atoms with Gasteiger partial charge in [-0.15, -0.1) is 0 Å². The minimum absolute atomic E-state index is 0.0450. The first kappa shape index (κ1) is 18.2. The molecular formula is C19H21ClN4O2. The van der Waals surface area contributed by atoms with Crippen molar-refractivity contribution in [2.75, 3.05) is 26.2 Å². The number of aromatic nitrogens is 1. The van der Waals surface area contributed by atoms with Crippen LogP contribution in [0.25, 0.3) is 0 Å². The molecule has 0 unspecified atom stereocenters. The van der Waals surface area contributed by atoms with E-state index >= 15 is 0 Å². The summed E-state index contributed by atoms with van der Waals surface area (Å²) in [4.78, 5) is 32.5. The van der Waals surface area contributed by atoms with Crippen LogP contribution < -0.4 is 5.32 Å². The molecule has 2 heterocycles. The lowest BCUT2D eigenvalue weighted by molar-refractivity contribution is 0.0762. The van der Waals surface area contributed by atoms with Gasteiger partial charge in [-0.25, -0.2) is 4.79 Å². The number of nitrogens with zero attached hydrogens (tertiary/aromatic N) is 3. The highest BCUT2D eigenvalue weighted by molar-refractivity contribution is 6.31. The number of nitrogens with one attached hydrogen (secondary N) is 1. The standard InChI is InChI=1S/C19H21ClN4O2/c20-17-7-2-1-5-15(17)14-22-19(26)24-10-4-9-23(11-12-24)18(25)16-6-3-8-21-13-16/h1-3,5-8,13H,4,9-12,14H2,(H,22,26). The molecule has 1 N–H and O–H groups in total. The normalized spacial score (nSPS) is 14.7. The van der Waals surface area contributed by atoms with Crippen molar-refractivity contribution in [3.05, 3.63) is 64.9 Å². The molecule has 3 amide bonds. The number of pyridine rings is 1. The van der Waals surface area contributed by atoms with Gasteiger partial charge in [0.05, 0.1) is 5.56 Å². The predicted molar refractivity (Wildman–Crippen MR) is 100 cm³/mol. The Hall–Kier alpha value is -2.60. The molecule has 1 aromatic carbocycles. The maximum absolute atomic E-state index is 12.5. The average Bonchev–Trinajstić information content (AvgIpc) is 2.93. The maximum atomic E-state index is 12.5. The number of benzene rings is 1. The first-order valence-electron chi connectivity index (χ1n) is 8.60. The van der Waals surface area contributed by atoms with Gasteiger partial charge in [0, 0.05) is 50.1 Å². The van der Waals surface area contributed by atoms with Gasteiger partial charge in [-0.1, -0.05) is 29.8 Å². The summed E-state index contributed by atoms with van der Waals surface area (Å²) in [5.74, 6) is -0.0450. The van der Waals surface area contributed by atoms with Gasteiger partial charge in [-0.05, 0) is 30.2 Å². The van der Waals surface area contributed by atoms with Crippen molar-refractivity contribution in [1.29, 1.82) is 0 Å².